The molecule has 0 saturated heterocycles. The van der Waals surface area contributed by atoms with Gasteiger partial charge in [-0.1, -0.05) is 303 Å². The predicted molar refractivity (Wildman–Crippen MR) is 224 cm³/mol. The van der Waals surface area contributed by atoms with Gasteiger partial charge in [-0.15, -0.1) is 0 Å². The average molecular weight is 675 g/mol. The molecule has 0 unspecified atom stereocenters. The highest BCUT2D eigenvalue weighted by Crippen LogP contribution is 2.25. The van der Waals surface area contributed by atoms with E-state index in [9.17, 15) is 0 Å². The highest BCUT2D eigenvalue weighted by Gasteiger charge is 2.09. The number of hydrogen-bond donors (Lipinski definition) is 0. The molecule has 0 heteroatoms. The van der Waals surface area contributed by atoms with Crippen molar-refractivity contribution < 1.29 is 0 Å². The van der Waals surface area contributed by atoms with Crippen molar-refractivity contribution >= 4 is 0 Å². The first-order valence-electron chi connectivity index (χ1n) is 23.8. The van der Waals surface area contributed by atoms with E-state index < -0.39 is 0 Å². The van der Waals surface area contributed by atoms with Gasteiger partial charge in [0.1, 0.15) is 0 Å². The van der Waals surface area contributed by atoms with Crippen LogP contribution >= 0.6 is 0 Å². The van der Waals surface area contributed by atoms with Gasteiger partial charge in [0.05, 0.1) is 0 Å². The first-order valence-corrected chi connectivity index (χ1v) is 23.8. The minimum atomic E-state index is 1.04. The Kier molecular flexibility index (Phi) is 45.0. The van der Waals surface area contributed by atoms with Crippen molar-refractivity contribution in [3.05, 3.63) is 0 Å². The Morgan fingerprint density at radius 1 is 0.167 bits per heavy atom. The Morgan fingerprint density at radius 2 is 0.292 bits per heavy atom. The second-order valence-corrected chi connectivity index (χ2v) is 16.7. The number of rotatable bonds is 44. The maximum atomic E-state index is 2.33. The Bertz CT molecular complexity index is 486. The van der Waals surface area contributed by atoms with Gasteiger partial charge in [0, 0.05) is 0 Å². The van der Waals surface area contributed by atoms with E-state index in [0.717, 1.165) is 5.92 Å². The van der Waals surface area contributed by atoms with Crippen molar-refractivity contribution in [1.29, 1.82) is 0 Å². The molecule has 0 N–H and O–H groups in total. The predicted octanol–water partition coefficient (Wildman–Crippen LogP) is 18.8. The lowest BCUT2D eigenvalue weighted by atomic mass is 9.89. The van der Waals surface area contributed by atoms with Gasteiger partial charge in [0.2, 0.25) is 0 Å². The van der Waals surface area contributed by atoms with Gasteiger partial charge in [0.25, 0.3) is 0 Å². The Balaban J connectivity index is 3.84. The molecule has 0 radical (unpaired) electrons. The first-order chi connectivity index (χ1) is 23.8. The lowest BCUT2D eigenvalue weighted by Gasteiger charge is -2.17. The van der Waals surface area contributed by atoms with E-state index in [4.69, 9.17) is 0 Å². The Hall–Kier alpha value is 0. The second-order valence-electron chi connectivity index (χ2n) is 16.7. The summed E-state index contributed by atoms with van der Waals surface area (Å²) in [7, 11) is 0. The molecule has 0 heterocycles. The summed E-state index contributed by atoms with van der Waals surface area (Å²) in [6.45, 7) is 6.97. The molecule has 0 nitrogen and oxygen atoms in total. The van der Waals surface area contributed by atoms with Gasteiger partial charge in [-0.05, 0) is 5.92 Å². The monoisotopic (exact) mass is 675 g/mol. The van der Waals surface area contributed by atoms with Gasteiger partial charge < -0.3 is 0 Å². The summed E-state index contributed by atoms with van der Waals surface area (Å²) in [6, 6.07) is 0. The molecule has 0 amide bonds. The molecule has 0 atom stereocenters. The molecule has 0 aliphatic heterocycles. The van der Waals surface area contributed by atoms with Crippen LogP contribution < -0.4 is 0 Å². The number of unbranched alkanes of at least 4 members (excludes halogenated alkanes) is 38. The zero-order valence-electron chi connectivity index (χ0n) is 34.7. The molecule has 0 aromatic carbocycles. The van der Waals surface area contributed by atoms with Crippen molar-refractivity contribution in [3.8, 4) is 0 Å². The lowest BCUT2D eigenvalue weighted by molar-refractivity contribution is 0.365. The molecule has 0 spiro atoms. The zero-order valence-corrected chi connectivity index (χ0v) is 34.7. The van der Waals surface area contributed by atoms with Crippen molar-refractivity contribution in [3.63, 3.8) is 0 Å². The molecule has 0 aromatic rings. The fourth-order valence-corrected chi connectivity index (χ4v) is 8.14. The highest BCUT2D eigenvalue weighted by atomic mass is 14.1. The van der Waals surface area contributed by atoms with Crippen LogP contribution in [0.1, 0.15) is 303 Å². The smallest absolute Gasteiger partial charge is 0.0414 e. The van der Waals surface area contributed by atoms with Crippen LogP contribution in [0.4, 0.5) is 0 Å². The van der Waals surface area contributed by atoms with Crippen LogP contribution in [0.25, 0.3) is 0 Å². The van der Waals surface area contributed by atoms with E-state index in [1.807, 2.05) is 0 Å². The van der Waals surface area contributed by atoms with Gasteiger partial charge >= 0.3 is 0 Å². The molecule has 0 fully saturated rings. The van der Waals surface area contributed by atoms with Crippen molar-refractivity contribution in [2.75, 3.05) is 0 Å². The van der Waals surface area contributed by atoms with Crippen LogP contribution in [0.2, 0.25) is 0 Å². The molecule has 0 aliphatic rings. The van der Waals surface area contributed by atoms with E-state index in [1.165, 1.54) is 283 Å². The largest absolute Gasteiger partial charge is 0.0654 e. The quantitative estimate of drug-likeness (QED) is 0.0564. The molecule has 48 heavy (non-hydrogen) atoms. The van der Waals surface area contributed by atoms with Crippen molar-refractivity contribution in [2.45, 2.75) is 303 Å². The summed E-state index contributed by atoms with van der Waals surface area (Å²) in [5.41, 5.74) is 0. The van der Waals surface area contributed by atoms with Crippen LogP contribution in [0, 0.1) is 5.92 Å². The van der Waals surface area contributed by atoms with Gasteiger partial charge in [-0.25, -0.2) is 0 Å². The zero-order chi connectivity index (χ0) is 34.7. The molecular weight excluding hydrogens is 577 g/mol. The van der Waals surface area contributed by atoms with Crippen LogP contribution in [-0.4, -0.2) is 0 Å². The van der Waals surface area contributed by atoms with Gasteiger partial charge in [-0.3, -0.25) is 0 Å². The second kappa shape index (κ2) is 45.0. The van der Waals surface area contributed by atoms with Crippen LogP contribution in [0.5, 0.6) is 0 Å². The Morgan fingerprint density at radius 3 is 0.438 bits per heavy atom. The lowest BCUT2D eigenvalue weighted by Crippen LogP contribution is -2.01. The summed E-state index contributed by atoms with van der Waals surface area (Å²) in [6.07, 6.45) is 65.3. The summed E-state index contributed by atoms with van der Waals surface area (Å²) in [5, 5.41) is 0. The highest BCUT2D eigenvalue weighted by molar-refractivity contribution is 4.63. The fourth-order valence-electron chi connectivity index (χ4n) is 8.14. The van der Waals surface area contributed by atoms with Crippen LogP contribution in [-0.2, 0) is 0 Å². The van der Waals surface area contributed by atoms with Crippen molar-refractivity contribution in [1.82, 2.24) is 0 Å². The SMILES string of the molecule is CCCCCCCCCCCCCCCCCCC(CCCCCCCCCCC)CCCCCCCCCCCCCCCCCC. The minimum absolute atomic E-state index is 1.04. The molecular formula is C48H98. The van der Waals surface area contributed by atoms with E-state index >= 15 is 0 Å². The van der Waals surface area contributed by atoms with E-state index in [1.54, 1.807) is 0 Å². The maximum Gasteiger partial charge on any atom is -0.0414 e. The topological polar surface area (TPSA) is 0 Å². The van der Waals surface area contributed by atoms with Crippen molar-refractivity contribution in [2.24, 2.45) is 5.92 Å². The van der Waals surface area contributed by atoms with Crippen LogP contribution in [0.3, 0.4) is 0 Å². The van der Waals surface area contributed by atoms with E-state index in [2.05, 4.69) is 20.8 Å². The third-order valence-corrected chi connectivity index (χ3v) is 11.6. The normalized spacial score (nSPS) is 11.8. The Labute approximate surface area is 308 Å². The van der Waals surface area contributed by atoms with Gasteiger partial charge in [-0.2, -0.15) is 0 Å². The van der Waals surface area contributed by atoms with Gasteiger partial charge in [0.15, 0.2) is 0 Å². The van der Waals surface area contributed by atoms with E-state index in [0.29, 0.717) is 0 Å². The summed E-state index contributed by atoms with van der Waals surface area (Å²) >= 11 is 0. The summed E-state index contributed by atoms with van der Waals surface area (Å²) in [4.78, 5) is 0. The molecule has 0 aromatic heterocycles. The molecule has 0 rings (SSSR count). The number of hydrogen-bond acceptors (Lipinski definition) is 0. The fraction of sp³-hybridized carbons (Fsp3) is 1.00. The third-order valence-electron chi connectivity index (χ3n) is 11.6. The molecule has 290 valence electrons. The molecule has 0 bridgehead atoms. The van der Waals surface area contributed by atoms with Crippen LogP contribution in [0.15, 0.2) is 0 Å². The third kappa shape index (κ3) is 42.2. The maximum absolute atomic E-state index is 2.33. The summed E-state index contributed by atoms with van der Waals surface area (Å²) in [5.74, 6) is 1.04. The minimum Gasteiger partial charge on any atom is -0.0654 e. The summed E-state index contributed by atoms with van der Waals surface area (Å²) < 4.78 is 0. The van der Waals surface area contributed by atoms with E-state index in [-0.39, 0.29) is 0 Å². The standard InChI is InChI=1S/C48H98/c1-4-7-10-13-16-19-21-23-25-27-29-31-34-37-40-43-46-48(45-42-39-36-33-18-15-12-9-6-3)47-44-41-38-35-32-30-28-26-24-22-20-17-14-11-8-5-2/h48H,4-47H2,1-3H3. The average Bonchev–Trinajstić information content (AvgIpc) is 3.10. The first kappa shape index (κ1) is 48.0. The molecule has 0 aliphatic carbocycles. The molecule has 0 saturated carbocycles.